The molecule has 1 N–H and O–H groups in total. The van der Waals surface area contributed by atoms with Crippen LogP contribution in [0.15, 0.2) is 18.2 Å². The van der Waals surface area contributed by atoms with E-state index in [1.54, 1.807) is 18.2 Å². The van der Waals surface area contributed by atoms with Crippen LogP contribution in [0, 0.1) is 13.8 Å². The van der Waals surface area contributed by atoms with Gasteiger partial charge in [-0.1, -0.05) is 0 Å². The van der Waals surface area contributed by atoms with Crippen LogP contribution < -0.4 is 5.32 Å². The predicted octanol–water partition coefficient (Wildman–Crippen LogP) is 0.955. The van der Waals surface area contributed by atoms with Crippen molar-refractivity contribution in [1.82, 2.24) is 20.2 Å². The number of hydrogen-bond donors (Lipinski definition) is 1. The highest BCUT2D eigenvalue weighted by Gasteiger charge is 2.26. The highest BCUT2D eigenvalue weighted by molar-refractivity contribution is 5.98. The molecule has 24 heavy (non-hydrogen) atoms. The number of fused-ring (bicyclic) bond motifs is 1. The topological polar surface area (TPSA) is 101 Å². The van der Waals surface area contributed by atoms with E-state index in [1.807, 2.05) is 13.8 Å². The Balaban J connectivity index is 1.70. The van der Waals surface area contributed by atoms with Gasteiger partial charge in [0.1, 0.15) is 0 Å². The van der Waals surface area contributed by atoms with Gasteiger partial charge in [0.15, 0.2) is 6.61 Å². The van der Waals surface area contributed by atoms with Crippen molar-refractivity contribution in [3.05, 3.63) is 35.2 Å². The van der Waals surface area contributed by atoms with Gasteiger partial charge in [-0.15, -0.1) is 0 Å². The summed E-state index contributed by atoms with van der Waals surface area (Å²) in [5, 5.41) is 2.51. The predicted molar refractivity (Wildman–Crippen MR) is 84.4 cm³/mol. The highest BCUT2D eigenvalue weighted by Crippen LogP contribution is 2.15. The molecular weight excluding hydrogens is 312 g/mol. The molecule has 2 heterocycles. The van der Waals surface area contributed by atoms with Crippen molar-refractivity contribution in [3.63, 3.8) is 0 Å². The fourth-order valence-electron chi connectivity index (χ4n) is 2.36. The van der Waals surface area contributed by atoms with Crippen LogP contribution in [0.25, 0.3) is 11.0 Å². The maximum atomic E-state index is 12.1. The third-order valence-electron chi connectivity index (χ3n) is 3.80. The molecule has 0 atom stereocenters. The summed E-state index contributed by atoms with van der Waals surface area (Å²) < 4.78 is 5.00. The number of benzene rings is 1. The quantitative estimate of drug-likeness (QED) is 0.842. The van der Waals surface area contributed by atoms with Crippen molar-refractivity contribution in [2.75, 3.05) is 19.7 Å². The lowest BCUT2D eigenvalue weighted by atomic mass is 10.2. The fourth-order valence-corrected chi connectivity index (χ4v) is 2.36. The number of ether oxygens (including phenoxy) is 1. The molecule has 0 saturated carbocycles. The average molecular weight is 328 g/mol. The Morgan fingerprint density at radius 3 is 2.58 bits per heavy atom. The monoisotopic (exact) mass is 328 g/mol. The molecule has 2 aromatic rings. The van der Waals surface area contributed by atoms with E-state index >= 15 is 0 Å². The van der Waals surface area contributed by atoms with Gasteiger partial charge in [-0.25, -0.2) is 19.6 Å². The number of nitrogens with one attached hydrogen (secondary N) is 1. The first-order valence-electron chi connectivity index (χ1n) is 7.46. The number of hydrogen-bond acceptors (Lipinski definition) is 6. The molecule has 1 fully saturated rings. The van der Waals surface area contributed by atoms with Crippen LogP contribution in [-0.2, 0) is 9.53 Å². The number of amides is 3. The Kier molecular flexibility index (Phi) is 4.11. The van der Waals surface area contributed by atoms with Gasteiger partial charge in [-0.05, 0) is 32.0 Å². The summed E-state index contributed by atoms with van der Waals surface area (Å²) in [6.07, 6.45) is 0. The lowest BCUT2D eigenvalue weighted by molar-refractivity contribution is -0.130. The smallest absolute Gasteiger partial charge is 0.338 e. The third-order valence-corrected chi connectivity index (χ3v) is 3.80. The SMILES string of the molecule is Cc1nc2ccc(C(=O)OCC(=O)N3CCNC3=O)cc2nc1C. The summed E-state index contributed by atoms with van der Waals surface area (Å²) in [4.78, 5) is 45.1. The standard InChI is InChI=1S/C16H16N4O4/c1-9-10(2)19-13-7-11(3-4-12(13)18-9)15(22)24-8-14(21)20-6-5-17-16(20)23/h3-4,7H,5-6,8H2,1-2H3,(H,17,23). The number of aromatic nitrogens is 2. The largest absolute Gasteiger partial charge is 0.452 e. The van der Waals surface area contributed by atoms with E-state index in [4.69, 9.17) is 4.74 Å². The zero-order valence-electron chi connectivity index (χ0n) is 13.3. The number of urea groups is 1. The van der Waals surface area contributed by atoms with E-state index in [-0.39, 0.29) is 12.1 Å². The van der Waals surface area contributed by atoms with Crippen LogP contribution in [0.5, 0.6) is 0 Å². The van der Waals surface area contributed by atoms with Gasteiger partial charge in [0.25, 0.3) is 5.91 Å². The molecule has 0 spiro atoms. The molecule has 1 aromatic heterocycles. The first-order valence-corrected chi connectivity index (χ1v) is 7.46. The van der Waals surface area contributed by atoms with Gasteiger partial charge >= 0.3 is 12.0 Å². The Bertz CT molecular complexity index is 849. The Morgan fingerprint density at radius 1 is 1.21 bits per heavy atom. The van der Waals surface area contributed by atoms with Gasteiger partial charge in [0, 0.05) is 13.1 Å². The maximum absolute atomic E-state index is 12.1. The van der Waals surface area contributed by atoms with Crippen molar-refractivity contribution in [2.45, 2.75) is 13.8 Å². The molecule has 0 aliphatic carbocycles. The van der Waals surface area contributed by atoms with Crippen LogP contribution in [0.1, 0.15) is 21.7 Å². The first kappa shape index (κ1) is 15.9. The van der Waals surface area contributed by atoms with Crippen LogP contribution in [0.2, 0.25) is 0 Å². The summed E-state index contributed by atoms with van der Waals surface area (Å²) in [5.74, 6) is -1.20. The number of carbonyl (C=O) groups excluding carboxylic acids is 3. The highest BCUT2D eigenvalue weighted by atomic mass is 16.5. The second kappa shape index (κ2) is 6.23. The first-order chi connectivity index (χ1) is 11.5. The van der Waals surface area contributed by atoms with Crippen molar-refractivity contribution in [1.29, 1.82) is 0 Å². The van der Waals surface area contributed by atoms with Gasteiger partial charge < -0.3 is 10.1 Å². The molecule has 0 radical (unpaired) electrons. The van der Waals surface area contributed by atoms with Crippen molar-refractivity contribution < 1.29 is 19.1 Å². The number of rotatable bonds is 3. The summed E-state index contributed by atoms with van der Waals surface area (Å²) in [6.45, 7) is 3.90. The average Bonchev–Trinajstić information content (AvgIpc) is 2.99. The summed E-state index contributed by atoms with van der Waals surface area (Å²) >= 11 is 0. The minimum absolute atomic E-state index is 0.277. The molecule has 0 bridgehead atoms. The molecule has 0 unspecified atom stereocenters. The molecule has 1 saturated heterocycles. The van der Waals surface area contributed by atoms with E-state index in [9.17, 15) is 14.4 Å². The number of aryl methyl sites for hydroxylation is 2. The Labute approximate surface area is 137 Å². The lowest BCUT2D eigenvalue weighted by Gasteiger charge is -2.12. The Hall–Kier alpha value is -3.03. The second-order valence-electron chi connectivity index (χ2n) is 5.45. The van der Waals surface area contributed by atoms with Crippen molar-refractivity contribution in [2.24, 2.45) is 0 Å². The number of carbonyl (C=O) groups is 3. The van der Waals surface area contributed by atoms with Gasteiger partial charge in [0.2, 0.25) is 0 Å². The number of esters is 1. The van der Waals surface area contributed by atoms with Gasteiger partial charge in [-0.3, -0.25) is 9.69 Å². The van der Waals surface area contributed by atoms with E-state index in [0.717, 1.165) is 16.3 Å². The maximum Gasteiger partial charge on any atom is 0.338 e. The fraction of sp³-hybridized carbons (Fsp3) is 0.312. The Morgan fingerprint density at radius 2 is 1.92 bits per heavy atom. The molecule has 1 aliphatic rings. The summed E-state index contributed by atoms with van der Waals surface area (Å²) in [5.41, 5.74) is 3.14. The van der Waals surface area contributed by atoms with Crippen molar-refractivity contribution in [3.8, 4) is 0 Å². The number of nitrogens with zero attached hydrogens (tertiary/aromatic N) is 3. The minimum atomic E-state index is -0.648. The molecule has 1 aromatic carbocycles. The molecule has 124 valence electrons. The van der Waals surface area contributed by atoms with Gasteiger partial charge in [-0.2, -0.15) is 0 Å². The van der Waals surface area contributed by atoms with Crippen LogP contribution in [0.4, 0.5) is 4.79 Å². The lowest BCUT2D eigenvalue weighted by Crippen LogP contribution is -2.37. The zero-order valence-corrected chi connectivity index (χ0v) is 13.3. The molecule has 8 heteroatoms. The molecule has 1 aliphatic heterocycles. The van der Waals surface area contributed by atoms with Crippen LogP contribution in [-0.4, -0.2) is 52.5 Å². The van der Waals surface area contributed by atoms with Crippen LogP contribution in [0.3, 0.4) is 0 Å². The molecule has 3 amide bonds. The number of imide groups is 1. The second-order valence-corrected chi connectivity index (χ2v) is 5.45. The minimum Gasteiger partial charge on any atom is -0.452 e. The van der Waals surface area contributed by atoms with Crippen LogP contribution >= 0.6 is 0 Å². The van der Waals surface area contributed by atoms with Gasteiger partial charge in [0.05, 0.1) is 28.0 Å². The van der Waals surface area contributed by atoms with E-state index in [1.165, 1.54) is 0 Å². The molecule has 8 nitrogen and oxygen atoms in total. The summed E-state index contributed by atoms with van der Waals surface area (Å²) in [7, 11) is 0. The van der Waals surface area contributed by atoms with E-state index in [0.29, 0.717) is 17.6 Å². The normalized spacial score (nSPS) is 13.9. The zero-order chi connectivity index (χ0) is 17.3. The van der Waals surface area contributed by atoms with E-state index < -0.39 is 24.5 Å². The van der Waals surface area contributed by atoms with E-state index in [2.05, 4.69) is 15.3 Å². The summed E-state index contributed by atoms with van der Waals surface area (Å²) in [6, 6.07) is 4.36. The third kappa shape index (κ3) is 3.03. The van der Waals surface area contributed by atoms with Crippen molar-refractivity contribution >= 4 is 28.9 Å². The molecular formula is C16H16N4O4. The molecule has 3 rings (SSSR count).